The van der Waals surface area contributed by atoms with Crippen LogP contribution in [0, 0.1) is 13.8 Å². The lowest BCUT2D eigenvalue weighted by Crippen LogP contribution is -2.20. The van der Waals surface area contributed by atoms with Gasteiger partial charge in [0.15, 0.2) is 0 Å². The van der Waals surface area contributed by atoms with Crippen LogP contribution in [0.3, 0.4) is 0 Å². The van der Waals surface area contributed by atoms with Gasteiger partial charge in [-0.3, -0.25) is 4.79 Å². The van der Waals surface area contributed by atoms with Gasteiger partial charge in [-0.15, -0.1) is 11.8 Å². The zero-order valence-electron chi connectivity index (χ0n) is 14.9. The Morgan fingerprint density at radius 2 is 1.84 bits per heavy atom. The Labute approximate surface area is 153 Å². The molecule has 1 atom stereocenters. The molecule has 0 radical (unpaired) electrons. The zero-order chi connectivity index (χ0) is 17.4. The van der Waals surface area contributed by atoms with E-state index in [1.54, 1.807) is 11.8 Å². The molecule has 2 aromatic rings. The summed E-state index contributed by atoms with van der Waals surface area (Å²) in [6, 6.07) is 9.08. The van der Waals surface area contributed by atoms with Gasteiger partial charge in [0.05, 0.1) is 22.7 Å². The first-order chi connectivity index (χ1) is 12.1. The Hall–Kier alpha value is -1.75. The van der Waals surface area contributed by atoms with Crippen LogP contribution < -0.4 is 5.32 Å². The SMILES string of the molecule is Cc1ccc([C@H]2SCC(=O)Nc3c2c(C)nn3C2CCCCC2)cc1. The number of fused-ring (bicyclic) bond motifs is 1. The van der Waals surface area contributed by atoms with Gasteiger partial charge in [-0.25, -0.2) is 4.68 Å². The van der Waals surface area contributed by atoms with Crippen molar-refractivity contribution in [3.8, 4) is 0 Å². The van der Waals surface area contributed by atoms with E-state index < -0.39 is 0 Å². The van der Waals surface area contributed by atoms with E-state index in [0.29, 0.717) is 11.8 Å². The molecule has 5 heteroatoms. The number of carbonyl (C=O) groups is 1. The van der Waals surface area contributed by atoms with Crippen LogP contribution in [0.25, 0.3) is 0 Å². The largest absolute Gasteiger partial charge is 0.310 e. The van der Waals surface area contributed by atoms with Crippen molar-refractivity contribution in [1.29, 1.82) is 0 Å². The normalized spacial score (nSPS) is 21.5. The molecule has 4 rings (SSSR count). The molecule has 1 saturated carbocycles. The fourth-order valence-electron chi connectivity index (χ4n) is 4.00. The number of aromatic nitrogens is 2. The molecule has 1 aromatic heterocycles. The number of aryl methyl sites for hydroxylation is 2. The third-order valence-corrected chi connectivity index (χ3v) is 6.60. The minimum absolute atomic E-state index is 0.0813. The number of nitrogens with zero attached hydrogens (tertiary/aromatic N) is 2. The summed E-state index contributed by atoms with van der Waals surface area (Å²) in [6.45, 7) is 4.18. The fraction of sp³-hybridized carbons (Fsp3) is 0.500. The second-order valence-corrected chi connectivity index (χ2v) is 8.33. The third kappa shape index (κ3) is 3.22. The van der Waals surface area contributed by atoms with Crippen molar-refractivity contribution in [2.75, 3.05) is 11.1 Å². The van der Waals surface area contributed by atoms with Crippen molar-refractivity contribution in [3.05, 3.63) is 46.6 Å². The topological polar surface area (TPSA) is 46.9 Å². The number of thioether (sulfide) groups is 1. The lowest BCUT2D eigenvalue weighted by atomic mass is 9.95. The number of rotatable bonds is 2. The molecule has 4 nitrogen and oxygen atoms in total. The average Bonchev–Trinajstić information content (AvgIpc) is 2.83. The molecular weight excluding hydrogens is 330 g/mol. The molecule has 1 N–H and O–H groups in total. The summed E-state index contributed by atoms with van der Waals surface area (Å²) in [4.78, 5) is 12.3. The lowest BCUT2D eigenvalue weighted by molar-refractivity contribution is -0.113. The summed E-state index contributed by atoms with van der Waals surface area (Å²) in [7, 11) is 0. The molecule has 1 aliphatic carbocycles. The average molecular weight is 356 g/mol. The number of benzene rings is 1. The molecule has 0 spiro atoms. The first-order valence-electron chi connectivity index (χ1n) is 9.20. The quantitative estimate of drug-likeness (QED) is 0.843. The molecule has 2 heterocycles. The first-order valence-corrected chi connectivity index (χ1v) is 10.3. The number of amides is 1. The molecule has 2 aliphatic rings. The highest BCUT2D eigenvalue weighted by Crippen LogP contribution is 2.45. The van der Waals surface area contributed by atoms with E-state index in [9.17, 15) is 4.79 Å². The van der Waals surface area contributed by atoms with E-state index in [-0.39, 0.29) is 11.2 Å². The van der Waals surface area contributed by atoms with Crippen molar-refractivity contribution >= 4 is 23.5 Å². The molecule has 0 bridgehead atoms. The Morgan fingerprint density at radius 1 is 1.12 bits per heavy atom. The molecule has 0 saturated heterocycles. The Kier molecular flexibility index (Phi) is 4.59. The van der Waals surface area contributed by atoms with Crippen LogP contribution in [0.2, 0.25) is 0 Å². The summed E-state index contributed by atoms with van der Waals surface area (Å²) < 4.78 is 2.12. The van der Waals surface area contributed by atoms with Crippen molar-refractivity contribution in [1.82, 2.24) is 9.78 Å². The highest BCUT2D eigenvalue weighted by molar-refractivity contribution is 8.00. The predicted molar refractivity (Wildman–Crippen MR) is 103 cm³/mol. The second kappa shape index (κ2) is 6.87. The van der Waals surface area contributed by atoms with Crippen LogP contribution in [0.1, 0.15) is 65.8 Å². The maximum atomic E-state index is 12.3. The summed E-state index contributed by atoms with van der Waals surface area (Å²) in [5.74, 6) is 1.50. The Balaban J connectivity index is 1.79. The van der Waals surface area contributed by atoms with Gasteiger partial charge in [0.25, 0.3) is 0 Å². The first kappa shape index (κ1) is 16.7. The number of hydrogen-bond donors (Lipinski definition) is 1. The number of anilines is 1. The molecule has 0 unspecified atom stereocenters. The van der Waals surface area contributed by atoms with Crippen molar-refractivity contribution < 1.29 is 4.79 Å². The van der Waals surface area contributed by atoms with Crippen LogP contribution in [0.15, 0.2) is 24.3 Å². The molecule has 1 amide bonds. The van der Waals surface area contributed by atoms with Gasteiger partial charge in [-0.05, 0) is 32.3 Å². The van der Waals surface area contributed by atoms with Crippen LogP contribution in [0.4, 0.5) is 5.82 Å². The lowest BCUT2D eigenvalue weighted by Gasteiger charge is -2.24. The maximum absolute atomic E-state index is 12.3. The monoisotopic (exact) mass is 355 g/mol. The van der Waals surface area contributed by atoms with Gasteiger partial charge in [-0.1, -0.05) is 49.1 Å². The number of carbonyl (C=O) groups excluding carboxylic acids is 1. The summed E-state index contributed by atoms with van der Waals surface area (Å²) in [6.07, 6.45) is 6.13. The highest BCUT2D eigenvalue weighted by Gasteiger charge is 2.32. The van der Waals surface area contributed by atoms with Crippen molar-refractivity contribution in [2.45, 2.75) is 57.2 Å². The summed E-state index contributed by atoms with van der Waals surface area (Å²) >= 11 is 1.70. The number of nitrogens with one attached hydrogen (secondary N) is 1. The standard InChI is InChI=1S/C20H25N3OS/c1-13-8-10-15(11-9-13)19-18-14(2)22-23(16-6-4-3-5-7-16)20(18)21-17(24)12-25-19/h8-11,16,19H,3-7,12H2,1-2H3,(H,21,24)/t19-/m1/s1. The highest BCUT2D eigenvalue weighted by atomic mass is 32.2. The van der Waals surface area contributed by atoms with E-state index in [1.807, 2.05) is 0 Å². The summed E-state index contributed by atoms with van der Waals surface area (Å²) in [5.41, 5.74) is 4.73. The third-order valence-electron chi connectivity index (χ3n) is 5.33. The van der Waals surface area contributed by atoms with Gasteiger partial charge in [-0.2, -0.15) is 5.10 Å². The molecule has 1 fully saturated rings. The van der Waals surface area contributed by atoms with Crippen molar-refractivity contribution in [2.24, 2.45) is 0 Å². The van der Waals surface area contributed by atoms with E-state index in [4.69, 9.17) is 5.10 Å². The van der Waals surface area contributed by atoms with Crippen LogP contribution in [-0.2, 0) is 4.79 Å². The summed E-state index contributed by atoms with van der Waals surface area (Å²) in [5, 5.41) is 8.19. The molecule has 1 aromatic carbocycles. The van der Waals surface area contributed by atoms with E-state index in [0.717, 1.165) is 24.4 Å². The Bertz CT molecular complexity index is 775. The van der Waals surface area contributed by atoms with Crippen LogP contribution >= 0.6 is 11.8 Å². The van der Waals surface area contributed by atoms with Gasteiger partial charge >= 0.3 is 0 Å². The van der Waals surface area contributed by atoms with Gasteiger partial charge in [0.1, 0.15) is 5.82 Å². The molecule has 1 aliphatic heterocycles. The van der Waals surface area contributed by atoms with Crippen LogP contribution in [0.5, 0.6) is 0 Å². The predicted octanol–water partition coefficient (Wildman–Crippen LogP) is 4.78. The van der Waals surface area contributed by atoms with Crippen molar-refractivity contribution in [3.63, 3.8) is 0 Å². The smallest absolute Gasteiger partial charge is 0.235 e. The molecule has 132 valence electrons. The van der Waals surface area contributed by atoms with E-state index >= 15 is 0 Å². The van der Waals surface area contributed by atoms with Crippen LogP contribution in [-0.4, -0.2) is 21.4 Å². The second-order valence-electron chi connectivity index (χ2n) is 7.23. The molecular formula is C20H25N3OS. The minimum atomic E-state index is 0.0813. The zero-order valence-corrected chi connectivity index (χ0v) is 15.7. The molecule has 25 heavy (non-hydrogen) atoms. The van der Waals surface area contributed by atoms with E-state index in [1.165, 1.54) is 36.0 Å². The number of hydrogen-bond acceptors (Lipinski definition) is 3. The van der Waals surface area contributed by atoms with Gasteiger partial charge in [0, 0.05) is 5.56 Å². The van der Waals surface area contributed by atoms with E-state index in [2.05, 4.69) is 48.1 Å². The maximum Gasteiger partial charge on any atom is 0.235 e. The van der Waals surface area contributed by atoms with Gasteiger partial charge in [0.2, 0.25) is 5.91 Å². The Morgan fingerprint density at radius 3 is 2.56 bits per heavy atom. The fourth-order valence-corrected chi connectivity index (χ4v) is 5.19. The van der Waals surface area contributed by atoms with Gasteiger partial charge < -0.3 is 5.32 Å². The minimum Gasteiger partial charge on any atom is -0.310 e.